The van der Waals surface area contributed by atoms with Gasteiger partial charge in [-0.05, 0) is 30.5 Å². The van der Waals surface area contributed by atoms with Crippen LogP contribution in [-0.4, -0.2) is 41.1 Å². The lowest BCUT2D eigenvalue weighted by Gasteiger charge is -2.16. The molecule has 1 unspecified atom stereocenters. The summed E-state index contributed by atoms with van der Waals surface area (Å²) in [6, 6.07) is 11.6. The van der Waals surface area contributed by atoms with E-state index in [2.05, 4.69) is 20.5 Å². The summed E-state index contributed by atoms with van der Waals surface area (Å²) in [6.07, 6.45) is 7.30. The average Bonchev–Trinajstić information content (AvgIpc) is 3.24. The van der Waals surface area contributed by atoms with Crippen molar-refractivity contribution in [3.8, 4) is 0 Å². The minimum absolute atomic E-state index is 0.00204. The molecule has 4 aromatic rings. The number of rotatable bonds is 5. The number of pyridine rings is 1. The second kappa shape index (κ2) is 8.17. The molecule has 158 valence electrons. The van der Waals surface area contributed by atoms with Crippen LogP contribution in [0.4, 0.5) is 0 Å². The molecule has 0 aliphatic carbocycles. The van der Waals surface area contributed by atoms with Gasteiger partial charge in [0.15, 0.2) is 0 Å². The highest BCUT2D eigenvalue weighted by Crippen LogP contribution is 2.14. The first-order valence-corrected chi connectivity index (χ1v) is 10.4. The molecule has 1 amide bonds. The van der Waals surface area contributed by atoms with Crippen molar-refractivity contribution in [2.45, 2.75) is 44.9 Å². The molecule has 31 heavy (non-hydrogen) atoms. The van der Waals surface area contributed by atoms with Crippen molar-refractivity contribution < 1.29 is 4.79 Å². The minimum atomic E-state index is -0.117. The summed E-state index contributed by atoms with van der Waals surface area (Å²) in [7, 11) is 0. The molecule has 1 N–H and O–H groups in total. The van der Waals surface area contributed by atoms with Gasteiger partial charge in [-0.15, -0.1) is 0 Å². The Labute approximate surface area is 178 Å². The fourth-order valence-corrected chi connectivity index (χ4v) is 4.10. The normalized spacial score (nSPS) is 16.1. The minimum Gasteiger partial charge on any atom is -0.352 e. The van der Waals surface area contributed by atoms with Gasteiger partial charge >= 0.3 is 5.69 Å². The topological polar surface area (TPSA) is 99.6 Å². The maximum atomic E-state index is 12.8. The number of hydrogen-bond donors (Lipinski definition) is 1. The highest BCUT2D eigenvalue weighted by atomic mass is 16.2. The van der Waals surface area contributed by atoms with Crippen LogP contribution in [0.25, 0.3) is 10.9 Å². The summed E-state index contributed by atoms with van der Waals surface area (Å²) in [5.41, 5.74) is 1.76. The van der Waals surface area contributed by atoms with E-state index < -0.39 is 0 Å². The zero-order valence-electron chi connectivity index (χ0n) is 17.0. The van der Waals surface area contributed by atoms with Gasteiger partial charge in [0.05, 0.1) is 18.3 Å². The molecular formula is C22H23N7O2. The van der Waals surface area contributed by atoms with Gasteiger partial charge in [0.2, 0.25) is 5.91 Å². The lowest BCUT2D eigenvalue weighted by molar-refractivity contribution is -0.122. The molecule has 0 radical (unpaired) electrons. The van der Waals surface area contributed by atoms with E-state index in [9.17, 15) is 9.59 Å². The quantitative estimate of drug-likeness (QED) is 0.529. The van der Waals surface area contributed by atoms with Crippen molar-refractivity contribution in [3.05, 3.63) is 76.9 Å². The summed E-state index contributed by atoms with van der Waals surface area (Å²) in [5, 5.41) is 13.0. The first kappa shape index (κ1) is 19.2. The van der Waals surface area contributed by atoms with E-state index in [-0.39, 0.29) is 24.2 Å². The van der Waals surface area contributed by atoms with Crippen molar-refractivity contribution in [2.75, 3.05) is 0 Å². The Balaban J connectivity index is 1.22. The fraction of sp³-hybridized carbons (Fsp3) is 0.318. The van der Waals surface area contributed by atoms with Crippen LogP contribution in [0.5, 0.6) is 0 Å². The highest BCUT2D eigenvalue weighted by molar-refractivity contribution is 5.82. The zero-order valence-corrected chi connectivity index (χ0v) is 17.0. The van der Waals surface area contributed by atoms with Gasteiger partial charge < -0.3 is 5.32 Å². The number of para-hydroxylation sites is 1. The van der Waals surface area contributed by atoms with Crippen LogP contribution in [0.1, 0.15) is 24.2 Å². The maximum Gasteiger partial charge on any atom is 0.346 e. The summed E-state index contributed by atoms with van der Waals surface area (Å²) in [4.78, 5) is 29.5. The van der Waals surface area contributed by atoms with Gasteiger partial charge in [-0.25, -0.2) is 9.48 Å². The van der Waals surface area contributed by atoms with Crippen molar-refractivity contribution in [1.82, 2.24) is 34.4 Å². The number of amides is 1. The van der Waals surface area contributed by atoms with E-state index in [0.29, 0.717) is 25.9 Å². The Bertz CT molecular complexity index is 1270. The van der Waals surface area contributed by atoms with Crippen molar-refractivity contribution >= 4 is 16.8 Å². The van der Waals surface area contributed by atoms with Gasteiger partial charge in [-0.2, -0.15) is 10.2 Å². The van der Waals surface area contributed by atoms with Gasteiger partial charge in [-0.3, -0.25) is 19.0 Å². The molecule has 0 bridgehead atoms. The smallest absolute Gasteiger partial charge is 0.346 e. The molecule has 1 aromatic carbocycles. The summed E-state index contributed by atoms with van der Waals surface area (Å²) < 4.78 is 4.93. The van der Waals surface area contributed by atoms with Crippen LogP contribution in [0.15, 0.2) is 59.8 Å². The van der Waals surface area contributed by atoms with E-state index in [4.69, 9.17) is 0 Å². The highest BCUT2D eigenvalue weighted by Gasteiger charge is 2.22. The number of fused-ring (bicyclic) bond motifs is 2. The van der Waals surface area contributed by atoms with E-state index in [1.54, 1.807) is 27.8 Å². The molecule has 0 fully saturated rings. The average molecular weight is 417 g/mol. The fourth-order valence-electron chi connectivity index (χ4n) is 4.10. The predicted molar refractivity (Wildman–Crippen MR) is 114 cm³/mol. The van der Waals surface area contributed by atoms with Crippen LogP contribution in [0.3, 0.4) is 0 Å². The largest absolute Gasteiger partial charge is 0.352 e. The summed E-state index contributed by atoms with van der Waals surface area (Å²) >= 11 is 0. The SMILES string of the molecule is O=C(Cn1ncc2ccccc21)NC1CCc2nn(Cc3cccnc3)c(=O)n2CC1. The van der Waals surface area contributed by atoms with E-state index in [0.717, 1.165) is 28.7 Å². The molecule has 0 spiro atoms. The lowest BCUT2D eigenvalue weighted by atomic mass is 10.1. The first-order chi connectivity index (χ1) is 15.2. The number of aromatic nitrogens is 6. The third-order valence-corrected chi connectivity index (χ3v) is 5.68. The Morgan fingerprint density at radius 2 is 2.00 bits per heavy atom. The second-order valence-corrected chi connectivity index (χ2v) is 7.82. The predicted octanol–water partition coefficient (Wildman–Crippen LogP) is 1.36. The number of hydrogen-bond acceptors (Lipinski definition) is 5. The Kier molecular flexibility index (Phi) is 5.07. The summed E-state index contributed by atoms with van der Waals surface area (Å²) in [5.74, 6) is 0.691. The van der Waals surface area contributed by atoms with Gasteiger partial charge in [0.25, 0.3) is 0 Å². The van der Waals surface area contributed by atoms with Crippen LogP contribution >= 0.6 is 0 Å². The molecule has 0 saturated carbocycles. The number of carbonyl (C=O) groups excluding carboxylic acids is 1. The number of carbonyl (C=O) groups is 1. The van der Waals surface area contributed by atoms with Crippen molar-refractivity contribution in [1.29, 1.82) is 0 Å². The van der Waals surface area contributed by atoms with Gasteiger partial charge in [0.1, 0.15) is 12.4 Å². The molecular weight excluding hydrogens is 394 g/mol. The zero-order chi connectivity index (χ0) is 21.2. The van der Waals surface area contributed by atoms with Crippen molar-refractivity contribution in [3.63, 3.8) is 0 Å². The van der Waals surface area contributed by atoms with Crippen LogP contribution in [0, 0.1) is 0 Å². The molecule has 1 aliphatic heterocycles. The molecule has 5 rings (SSSR count). The van der Waals surface area contributed by atoms with E-state index in [1.807, 2.05) is 36.4 Å². The van der Waals surface area contributed by atoms with Crippen LogP contribution < -0.4 is 11.0 Å². The molecule has 1 aliphatic rings. The maximum absolute atomic E-state index is 12.8. The van der Waals surface area contributed by atoms with Gasteiger partial charge in [-0.1, -0.05) is 24.3 Å². The molecule has 3 aromatic heterocycles. The molecule has 9 nitrogen and oxygen atoms in total. The standard InChI is InChI=1S/C22H23N7O2/c30-21(15-28-19-6-2-1-5-17(19)13-24-28)25-18-7-8-20-26-29(22(31)27(20)11-9-18)14-16-4-3-10-23-12-16/h1-6,10,12-13,18H,7-9,11,14-15H2,(H,25,30). The molecule has 0 saturated heterocycles. The van der Waals surface area contributed by atoms with E-state index in [1.165, 1.54) is 4.68 Å². The Hall–Kier alpha value is -3.75. The third kappa shape index (κ3) is 3.98. The summed E-state index contributed by atoms with van der Waals surface area (Å²) in [6.45, 7) is 1.12. The number of benzene rings is 1. The van der Waals surface area contributed by atoms with Crippen LogP contribution in [0.2, 0.25) is 0 Å². The Morgan fingerprint density at radius 3 is 2.87 bits per heavy atom. The number of nitrogens with zero attached hydrogens (tertiary/aromatic N) is 6. The van der Waals surface area contributed by atoms with E-state index >= 15 is 0 Å². The number of nitrogens with one attached hydrogen (secondary N) is 1. The third-order valence-electron chi connectivity index (χ3n) is 5.68. The monoisotopic (exact) mass is 417 g/mol. The lowest BCUT2D eigenvalue weighted by Crippen LogP contribution is -2.38. The Morgan fingerprint density at radius 1 is 1.10 bits per heavy atom. The van der Waals surface area contributed by atoms with Crippen LogP contribution in [-0.2, 0) is 30.8 Å². The van der Waals surface area contributed by atoms with Crippen molar-refractivity contribution in [2.24, 2.45) is 0 Å². The molecule has 1 atom stereocenters. The first-order valence-electron chi connectivity index (χ1n) is 10.4. The number of aryl methyl sites for hydroxylation is 1. The molecule has 4 heterocycles. The second-order valence-electron chi connectivity index (χ2n) is 7.82. The molecule has 9 heteroatoms. The van der Waals surface area contributed by atoms with Gasteiger partial charge in [0, 0.05) is 36.8 Å².